The van der Waals surface area contributed by atoms with E-state index in [0.717, 1.165) is 11.3 Å². The van der Waals surface area contributed by atoms with Crippen LogP contribution in [0.3, 0.4) is 0 Å². The van der Waals surface area contributed by atoms with E-state index in [1.807, 2.05) is 0 Å². The molecule has 1 saturated heterocycles. The molecule has 1 aliphatic rings. The molecule has 3 aromatic carbocycles. The lowest BCUT2D eigenvalue weighted by atomic mass is 10.0. The van der Waals surface area contributed by atoms with Crippen LogP contribution in [0.5, 0.6) is 0 Å². The average molecular weight is 461 g/mol. The molecule has 1 aliphatic heterocycles. The molecule has 2 atom stereocenters. The molecule has 0 unspecified atom stereocenters. The summed E-state index contributed by atoms with van der Waals surface area (Å²) in [5.41, 5.74) is 10.2. The number of rotatable bonds is 4. The van der Waals surface area contributed by atoms with Gasteiger partial charge in [-0.2, -0.15) is 0 Å². The molecule has 1 heterocycles. The standard InChI is InChI=1S/C30H38P2/c1-19-15-27(16-20(2)25(19)7)32(28-17-21(3)26(8)22(4)18-28)30-12-10-9-11-29(30)31-23(5)13-14-24(31)6/h9-12,15-18,23-24H,13-14H2,1-8H3/t23-,24-/m0/s1. The van der Waals surface area contributed by atoms with Crippen molar-refractivity contribution in [2.75, 3.05) is 0 Å². The summed E-state index contributed by atoms with van der Waals surface area (Å²) in [5.74, 6) is 0. The number of benzene rings is 3. The van der Waals surface area contributed by atoms with Crippen LogP contribution < -0.4 is 21.2 Å². The topological polar surface area (TPSA) is 0 Å². The maximum absolute atomic E-state index is 2.49. The van der Waals surface area contributed by atoms with Crippen LogP contribution in [0.25, 0.3) is 0 Å². The molecular weight excluding hydrogens is 422 g/mol. The Labute approximate surface area is 198 Å². The molecule has 3 aromatic rings. The SMILES string of the molecule is Cc1cc(P(c2cc(C)c(C)c(C)c2)c2ccccc2P2[C@@H](C)CC[C@@H]2C)cc(C)c1C. The van der Waals surface area contributed by atoms with E-state index in [4.69, 9.17) is 0 Å². The van der Waals surface area contributed by atoms with Crippen molar-refractivity contribution in [3.63, 3.8) is 0 Å². The van der Waals surface area contributed by atoms with Gasteiger partial charge in [0, 0.05) is 0 Å². The Balaban J connectivity index is 1.98. The van der Waals surface area contributed by atoms with Crippen molar-refractivity contribution in [1.82, 2.24) is 0 Å². The third-order valence-electron chi connectivity index (χ3n) is 7.69. The molecule has 168 valence electrons. The van der Waals surface area contributed by atoms with E-state index < -0.39 is 7.92 Å². The van der Waals surface area contributed by atoms with Crippen molar-refractivity contribution < 1.29 is 0 Å². The predicted octanol–water partition coefficient (Wildman–Crippen LogP) is 6.97. The summed E-state index contributed by atoms with van der Waals surface area (Å²) in [6.45, 7) is 18.6. The quantitative estimate of drug-likeness (QED) is 0.369. The van der Waals surface area contributed by atoms with Gasteiger partial charge in [-0.1, -0.05) is 70.3 Å². The lowest BCUT2D eigenvalue weighted by Gasteiger charge is -2.30. The Morgan fingerprint density at radius 3 is 1.50 bits per heavy atom. The van der Waals surface area contributed by atoms with Crippen LogP contribution in [-0.2, 0) is 0 Å². The van der Waals surface area contributed by atoms with Crippen molar-refractivity contribution in [3.05, 3.63) is 81.9 Å². The maximum atomic E-state index is 2.49. The number of hydrogen-bond acceptors (Lipinski definition) is 0. The Morgan fingerprint density at radius 1 is 0.656 bits per heavy atom. The molecule has 0 aromatic heterocycles. The maximum Gasteiger partial charge on any atom is -0.00740 e. The Bertz CT molecular complexity index is 1030. The van der Waals surface area contributed by atoms with E-state index in [9.17, 15) is 0 Å². The van der Waals surface area contributed by atoms with E-state index >= 15 is 0 Å². The lowest BCUT2D eigenvalue weighted by Crippen LogP contribution is -2.32. The molecular formula is C30H38P2. The third-order valence-corrected chi connectivity index (χ3v) is 13.7. The van der Waals surface area contributed by atoms with Crippen molar-refractivity contribution >= 4 is 37.1 Å². The van der Waals surface area contributed by atoms with Gasteiger partial charge >= 0.3 is 0 Å². The molecule has 32 heavy (non-hydrogen) atoms. The van der Waals surface area contributed by atoms with Crippen LogP contribution in [0.15, 0.2) is 48.5 Å². The predicted molar refractivity (Wildman–Crippen MR) is 148 cm³/mol. The van der Waals surface area contributed by atoms with E-state index in [0.29, 0.717) is 0 Å². The van der Waals surface area contributed by atoms with Crippen LogP contribution in [0, 0.1) is 41.5 Å². The second kappa shape index (κ2) is 9.41. The first-order valence-electron chi connectivity index (χ1n) is 12.0. The fourth-order valence-corrected chi connectivity index (χ4v) is 11.9. The smallest absolute Gasteiger partial charge is 0.00740 e. The van der Waals surface area contributed by atoms with Gasteiger partial charge in [-0.3, -0.25) is 0 Å². The minimum absolute atomic E-state index is 0.124. The largest absolute Gasteiger partial charge is 0.0688 e. The Hall–Kier alpha value is -1.48. The highest BCUT2D eigenvalue weighted by atomic mass is 31.1. The minimum atomic E-state index is -0.594. The van der Waals surface area contributed by atoms with Crippen LogP contribution in [0.4, 0.5) is 0 Å². The molecule has 0 aliphatic carbocycles. The molecule has 0 N–H and O–H groups in total. The first-order valence-corrected chi connectivity index (χ1v) is 14.8. The zero-order valence-electron chi connectivity index (χ0n) is 21.1. The van der Waals surface area contributed by atoms with Gasteiger partial charge in [0.25, 0.3) is 0 Å². The molecule has 0 amide bonds. The van der Waals surface area contributed by atoms with Gasteiger partial charge in [-0.05, 0) is 128 Å². The zero-order chi connectivity index (χ0) is 23.2. The summed E-state index contributed by atoms with van der Waals surface area (Å²) in [6.07, 6.45) is 2.76. The average Bonchev–Trinajstić information content (AvgIpc) is 3.08. The van der Waals surface area contributed by atoms with Crippen molar-refractivity contribution in [3.8, 4) is 0 Å². The second-order valence-corrected chi connectivity index (χ2v) is 15.2. The fraction of sp³-hybridized carbons (Fsp3) is 0.400. The molecule has 0 nitrogen and oxygen atoms in total. The summed E-state index contributed by atoms with van der Waals surface area (Å²) in [4.78, 5) is 0. The molecule has 4 rings (SSSR count). The Morgan fingerprint density at radius 2 is 1.06 bits per heavy atom. The molecule has 0 spiro atoms. The first-order chi connectivity index (χ1) is 15.2. The summed E-state index contributed by atoms with van der Waals surface area (Å²) in [7, 11) is -0.718. The zero-order valence-corrected chi connectivity index (χ0v) is 22.9. The lowest BCUT2D eigenvalue weighted by molar-refractivity contribution is 0.777. The summed E-state index contributed by atoms with van der Waals surface area (Å²) < 4.78 is 0. The molecule has 2 heteroatoms. The van der Waals surface area contributed by atoms with Gasteiger partial charge in [0.05, 0.1) is 0 Å². The number of aryl methyl sites for hydroxylation is 4. The van der Waals surface area contributed by atoms with E-state index in [-0.39, 0.29) is 7.92 Å². The Kier molecular flexibility index (Phi) is 6.96. The molecule has 0 saturated carbocycles. The van der Waals surface area contributed by atoms with E-state index in [1.165, 1.54) is 56.8 Å². The van der Waals surface area contributed by atoms with Crippen molar-refractivity contribution in [2.24, 2.45) is 0 Å². The van der Waals surface area contributed by atoms with E-state index in [1.54, 1.807) is 10.6 Å². The van der Waals surface area contributed by atoms with Gasteiger partial charge < -0.3 is 0 Å². The highest BCUT2D eigenvalue weighted by Crippen LogP contribution is 2.55. The second-order valence-electron chi connectivity index (χ2n) is 9.92. The van der Waals surface area contributed by atoms with Crippen molar-refractivity contribution in [2.45, 2.75) is 79.5 Å². The molecule has 1 fully saturated rings. The number of hydrogen-bond donors (Lipinski definition) is 0. The monoisotopic (exact) mass is 460 g/mol. The van der Waals surface area contributed by atoms with Gasteiger partial charge in [-0.15, -0.1) is 0 Å². The van der Waals surface area contributed by atoms with Crippen LogP contribution in [0.2, 0.25) is 0 Å². The van der Waals surface area contributed by atoms with Gasteiger partial charge in [0.2, 0.25) is 0 Å². The molecule has 0 bridgehead atoms. The van der Waals surface area contributed by atoms with Gasteiger partial charge in [0.1, 0.15) is 0 Å². The van der Waals surface area contributed by atoms with Gasteiger partial charge in [-0.25, -0.2) is 0 Å². The fourth-order valence-electron chi connectivity index (χ4n) is 5.25. The summed E-state index contributed by atoms with van der Waals surface area (Å²) >= 11 is 0. The highest BCUT2D eigenvalue weighted by Gasteiger charge is 2.34. The van der Waals surface area contributed by atoms with E-state index in [2.05, 4.69) is 104 Å². The van der Waals surface area contributed by atoms with Crippen LogP contribution in [0.1, 0.15) is 60.1 Å². The summed E-state index contributed by atoms with van der Waals surface area (Å²) in [5, 5.41) is 6.27. The van der Waals surface area contributed by atoms with Crippen LogP contribution in [-0.4, -0.2) is 11.3 Å². The van der Waals surface area contributed by atoms with Gasteiger partial charge in [0.15, 0.2) is 0 Å². The summed E-state index contributed by atoms with van der Waals surface area (Å²) in [6, 6.07) is 19.4. The first kappa shape index (κ1) is 23.7. The normalized spacial score (nSPS) is 19.2. The van der Waals surface area contributed by atoms with Crippen molar-refractivity contribution in [1.29, 1.82) is 0 Å². The molecule has 0 radical (unpaired) electrons. The minimum Gasteiger partial charge on any atom is -0.0688 e. The van der Waals surface area contributed by atoms with Crippen LogP contribution >= 0.6 is 15.8 Å². The third kappa shape index (κ3) is 4.34. The highest BCUT2D eigenvalue weighted by molar-refractivity contribution is 7.82.